The van der Waals surface area contributed by atoms with Crippen LogP contribution in [0.3, 0.4) is 0 Å². The molecule has 0 heterocycles. The lowest BCUT2D eigenvalue weighted by Gasteiger charge is -2.34. The van der Waals surface area contributed by atoms with Crippen LogP contribution in [-0.2, 0) is 6.42 Å². The van der Waals surface area contributed by atoms with Crippen LogP contribution in [0.15, 0.2) is 22.7 Å². The average molecular weight is 314 g/mol. The summed E-state index contributed by atoms with van der Waals surface area (Å²) < 4.78 is 14.8. The maximum Gasteiger partial charge on any atom is 0.126 e. The van der Waals surface area contributed by atoms with E-state index in [9.17, 15) is 4.39 Å². The minimum atomic E-state index is -0.0906. The van der Waals surface area contributed by atoms with E-state index >= 15 is 0 Å². The molecule has 0 amide bonds. The Labute approximate surface area is 117 Å². The van der Waals surface area contributed by atoms with E-state index in [0.29, 0.717) is 11.8 Å². The van der Waals surface area contributed by atoms with E-state index in [1.807, 2.05) is 6.07 Å². The molecule has 1 aromatic carbocycles. The first-order chi connectivity index (χ1) is 8.60. The van der Waals surface area contributed by atoms with Gasteiger partial charge in [-0.15, -0.1) is 0 Å². The number of hydrogen-bond acceptors (Lipinski definition) is 1. The lowest BCUT2D eigenvalue weighted by molar-refractivity contribution is 0.192. The zero-order valence-electron chi connectivity index (χ0n) is 10.8. The smallest absolute Gasteiger partial charge is 0.126 e. The zero-order valence-corrected chi connectivity index (χ0v) is 12.4. The van der Waals surface area contributed by atoms with Crippen LogP contribution in [0.1, 0.15) is 31.7 Å². The van der Waals surface area contributed by atoms with Crippen molar-refractivity contribution in [3.8, 4) is 0 Å². The number of rotatable bonds is 3. The molecule has 1 aliphatic carbocycles. The number of nitrogens with two attached hydrogens (primary N) is 1. The third kappa shape index (κ3) is 3.33. The summed E-state index contributed by atoms with van der Waals surface area (Å²) in [5.74, 6) is 1.74. The molecule has 18 heavy (non-hydrogen) atoms. The van der Waals surface area contributed by atoms with Gasteiger partial charge in [0, 0.05) is 4.47 Å². The second kappa shape index (κ2) is 6.16. The highest BCUT2D eigenvalue weighted by Crippen LogP contribution is 2.36. The molecule has 3 unspecified atom stereocenters. The van der Waals surface area contributed by atoms with Crippen molar-refractivity contribution in [1.82, 2.24) is 0 Å². The molecule has 0 bridgehead atoms. The Balaban J connectivity index is 2.12. The van der Waals surface area contributed by atoms with Gasteiger partial charge < -0.3 is 5.73 Å². The van der Waals surface area contributed by atoms with Crippen molar-refractivity contribution in [3.05, 3.63) is 34.1 Å². The van der Waals surface area contributed by atoms with Crippen molar-refractivity contribution >= 4 is 15.9 Å². The molecule has 2 N–H and O–H groups in total. The lowest BCUT2D eigenvalue weighted by Crippen LogP contribution is -2.31. The van der Waals surface area contributed by atoms with Crippen molar-refractivity contribution in [1.29, 1.82) is 0 Å². The molecule has 3 heteroatoms. The molecule has 0 radical (unpaired) electrons. The average Bonchev–Trinajstić information content (AvgIpc) is 2.34. The van der Waals surface area contributed by atoms with Crippen LogP contribution in [0.4, 0.5) is 4.39 Å². The van der Waals surface area contributed by atoms with E-state index < -0.39 is 0 Å². The van der Waals surface area contributed by atoms with E-state index in [4.69, 9.17) is 5.73 Å². The van der Waals surface area contributed by atoms with Gasteiger partial charge in [0.05, 0.1) is 0 Å². The first-order valence-electron chi connectivity index (χ1n) is 6.74. The van der Waals surface area contributed by atoms with Gasteiger partial charge in [-0.25, -0.2) is 4.39 Å². The summed E-state index contributed by atoms with van der Waals surface area (Å²) in [7, 11) is 0. The molecule has 1 nitrogen and oxygen atoms in total. The molecule has 1 fully saturated rings. The lowest BCUT2D eigenvalue weighted by atomic mass is 9.72. The van der Waals surface area contributed by atoms with Crippen LogP contribution in [0, 0.1) is 23.6 Å². The van der Waals surface area contributed by atoms with Crippen LogP contribution in [0.2, 0.25) is 0 Å². The van der Waals surface area contributed by atoms with Gasteiger partial charge in [0.15, 0.2) is 0 Å². The second-order valence-electron chi connectivity index (χ2n) is 5.61. The highest BCUT2D eigenvalue weighted by Gasteiger charge is 2.28. The predicted octanol–water partition coefficient (Wildman–Crippen LogP) is 4.14. The molecular formula is C15H21BrFN. The molecule has 0 aliphatic heterocycles. The Morgan fingerprint density at radius 2 is 2.11 bits per heavy atom. The van der Waals surface area contributed by atoms with Crippen molar-refractivity contribution in [3.63, 3.8) is 0 Å². The molecule has 1 aromatic rings. The normalized spacial score (nSPS) is 28.3. The quantitative estimate of drug-likeness (QED) is 0.891. The number of benzene rings is 1. The summed E-state index contributed by atoms with van der Waals surface area (Å²) in [5, 5.41) is 0. The van der Waals surface area contributed by atoms with Crippen LogP contribution < -0.4 is 5.73 Å². The summed E-state index contributed by atoms with van der Waals surface area (Å²) in [6.07, 6.45) is 4.45. The summed E-state index contributed by atoms with van der Waals surface area (Å²) in [6.45, 7) is 3.02. The molecule has 0 aromatic heterocycles. The van der Waals surface area contributed by atoms with Crippen LogP contribution in [0.5, 0.6) is 0 Å². The third-order valence-corrected chi connectivity index (χ3v) is 4.69. The summed E-state index contributed by atoms with van der Waals surface area (Å²) in [6, 6.07) is 5.20. The summed E-state index contributed by atoms with van der Waals surface area (Å²) in [5.41, 5.74) is 6.68. The highest BCUT2D eigenvalue weighted by molar-refractivity contribution is 9.10. The highest BCUT2D eigenvalue weighted by atomic mass is 79.9. The summed E-state index contributed by atoms with van der Waals surface area (Å²) in [4.78, 5) is 0. The molecule has 2 rings (SSSR count). The Hall–Kier alpha value is -0.410. The molecule has 3 atom stereocenters. The molecule has 1 saturated carbocycles. The SMILES string of the molecule is CC1CCC(CN)C(Cc2cc(Br)ccc2F)C1. The van der Waals surface area contributed by atoms with Crippen molar-refractivity contribution < 1.29 is 4.39 Å². The van der Waals surface area contributed by atoms with Crippen LogP contribution in [0.25, 0.3) is 0 Å². The van der Waals surface area contributed by atoms with Gasteiger partial charge in [0.25, 0.3) is 0 Å². The fourth-order valence-electron chi connectivity index (χ4n) is 3.10. The van der Waals surface area contributed by atoms with Gasteiger partial charge in [-0.3, -0.25) is 0 Å². The minimum Gasteiger partial charge on any atom is -0.330 e. The van der Waals surface area contributed by atoms with Gasteiger partial charge in [-0.2, -0.15) is 0 Å². The second-order valence-corrected chi connectivity index (χ2v) is 6.53. The topological polar surface area (TPSA) is 26.0 Å². The molecule has 0 saturated heterocycles. The van der Waals surface area contributed by atoms with Crippen LogP contribution >= 0.6 is 15.9 Å². The van der Waals surface area contributed by atoms with Crippen LogP contribution in [-0.4, -0.2) is 6.54 Å². The molecule has 0 spiro atoms. The Morgan fingerprint density at radius 1 is 1.33 bits per heavy atom. The maximum atomic E-state index is 13.8. The Kier molecular flexibility index (Phi) is 4.79. The van der Waals surface area contributed by atoms with Gasteiger partial charge >= 0.3 is 0 Å². The number of hydrogen-bond donors (Lipinski definition) is 1. The van der Waals surface area contributed by atoms with E-state index in [2.05, 4.69) is 22.9 Å². The summed E-state index contributed by atoms with van der Waals surface area (Å²) >= 11 is 3.41. The van der Waals surface area contributed by atoms with Gasteiger partial charge in [0.1, 0.15) is 5.82 Å². The van der Waals surface area contributed by atoms with Gasteiger partial charge in [-0.05, 0) is 67.3 Å². The van der Waals surface area contributed by atoms with Crippen molar-refractivity contribution in [2.24, 2.45) is 23.5 Å². The van der Waals surface area contributed by atoms with Crippen molar-refractivity contribution in [2.45, 2.75) is 32.6 Å². The first-order valence-corrected chi connectivity index (χ1v) is 7.53. The Bertz CT molecular complexity index is 407. The molecule has 1 aliphatic rings. The van der Waals surface area contributed by atoms with Crippen molar-refractivity contribution in [2.75, 3.05) is 6.54 Å². The predicted molar refractivity (Wildman–Crippen MR) is 76.9 cm³/mol. The molecular weight excluding hydrogens is 293 g/mol. The Morgan fingerprint density at radius 3 is 2.83 bits per heavy atom. The fraction of sp³-hybridized carbons (Fsp3) is 0.600. The van der Waals surface area contributed by atoms with Gasteiger partial charge in [-0.1, -0.05) is 29.3 Å². The maximum absolute atomic E-state index is 13.8. The van der Waals surface area contributed by atoms with E-state index in [1.54, 1.807) is 12.1 Å². The minimum absolute atomic E-state index is 0.0906. The third-order valence-electron chi connectivity index (χ3n) is 4.19. The van der Waals surface area contributed by atoms with Gasteiger partial charge in [0.2, 0.25) is 0 Å². The zero-order chi connectivity index (χ0) is 13.1. The molecule has 100 valence electrons. The standard InChI is InChI=1S/C15H21BrFN/c1-10-2-3-11(9-18)12(6-10)7-13-8-14(16)4-5-15(13)17/h4-5,8,10-12H,2-3,6-7,9,18H2,1H3. The first kappa shape index (κ1) is 14.0. The van der Waals surface area contributed by atoms with E-state index in [1.165, 1.54) is 19.3 Å². The monoisotopic (exact) mass is 313 g/mol. The fourth-order valence-corrected chi connectivity index (χ4v) is 3.51. The van der Waals surface area contributed by atoms with E-state index in [-0.39, 0.29) is 5.82 Å². The largest absolute Gasteiger partial charge is 0.330 e. The van der Waals surface area contributed by atoms with E-state index in [0.717, 1.165) is 28.9 Å². The number of halogens is 2.